The van der Waals surface area contributed by atoms with Gasteiger partial charge in [-0.3, -0.25) is 0 Å². The molecule has 0 aromatic heterocycles. The van der Waals surface area contributed by atoms with Crippen molar-refractivity contribution in [2.24, 2.45) is 0 Å². The molecule has 1 aromatic rings. The fourth-order valence-electron chi connectivity index (χ4n) is 1.42. The Morgan fingerprint density at radius 2 is 2.00 bits per heavy atom. The number of halogens is 1. The number of carbonyl (C=O) groups is 1. The zero-order chi connectivity index (χ0) is 13.0. The quantitative estimate of drug-likeness (QED) is 0.618. The van der Waals surface area contributed by atoms with Crippen molar-refractivity contribution in [3.63, 3.8) is 0 Å². The molecule has 0 spiro atoms. The highest BCUT2D eigenvalue weighted by Gasteiger charge is 2.19. The molecule has 0 amide bonds. The van der Waals surface area contributed by atoms with Gasteiger partial charge in [0.2, 0.25) is 0 Å². The first-order chi connectivity index (χ1) is 7.95. The molecule has 0 saturated carbocycles. The van der Waals surface area contributed by atoms with Crippen LogP contribution in [0.25, 0.3) is 0 Å². The minimum atomic E-state index is -1.17. The van der Waals surface area contributed by atoms with Crippen molar-refractivity contribution in [2.75, 3.05) is 5.75 Å². The smallest absolute Gasteiger partial charge is 0.335 e. The maximum Gasteiger partial charge on any atom is 0.335 e. The van der Waals surface area contributed by atoms with Gasteiger partial charge in [-0.15, -0.1) is 0 Å². The molecule has 0 aliphatic carbocycles. The Hall–Kier alpha value is -0.750. The molecule has 0 saturated heterocycles. The van der Waals surface area contributed by atoms with E-state index in [1.807, 2.05) is 0 Å². The third-order valence-corrected chi connectivity index (χ3v) is 2.77. The second kappa shape index (κ2) is 6.26. The van der Waals surface area contributed by atoms with E-state index in [4.69, 9.17) is 16.7 Å². The molecule has 4 nitrogen and oxygen atoms in total. The number of carboxylic acid groups (broad SMARTS) is 1. The van der Waals surface area contributed by atoms with E-state index in [2.05, 4.69) is 12.6 Å². The summed E-state index contributed by atoms with van der Waals surface area (Å²) in [6, 6.07) is 4.01. The van der Waals surface area contributed by atoms with Gasteiger partial charge < -0.3 is 15.3 Å². The summed E-state index contributed by atoms with van der Waals surface area (Å²) < 4.78 is 0. The molecule has 0 bridgehead atoms. The predicted octanol–water partition coefficient (Wildman–Crippen LogP) is 1.75. The zero-order valence-corrected chi connectivity index (χ0v) is 10.5. The number of aromatic carboxylic acids is 1. The Morgan fingerprint density at radius 3 is 2.53 bits per heavy atom. The summed E-state index contributed by atoms with van der Waals surface area (Å²) in [6.07, 6.45) is -1.86. The van der Waals surface area contributed by atoms with Gasteiger partial charge in [-0.05, 0) is 35.9 Å². The van der Waals surface area contributed by atoms with Crippen LogP contribution >= 0.6 is 24.2 Å². The molecular weight excluding hydrogens is 264 g/mol. The summed E-state index contributed by atoms with van der Waals surface area (Å²) in [5.74, 6) is -0.713. The second-order valence-corrected chi connectivity index (χ2v) is 4.49. The van der Waals surface area contributed by atoms with Gasteiger partial charge in [-0.25, -0.2) is 4.79 Å². The minimum Gasteiger partial charge on any atom is -0.478 e. The Labute approximate surface area is 109 Å². The monoisotopic (exact) mass is 276 g/mol. The third kappa shape index (κ3) is 3.89. The third-order valence-electron chi connectivity index (χ3n) is 2.30. The number of aliphatic hydroxyl groups is 2. The number of hydrogen-bond acceptors (Lipinski definition) is 4. The maximum atomic E-state index is 10.8. The van der Waals surface area contributed by atoms with Gasteiger partial charge in [-0.2, -0.15) is 12.6 Å². The molecule has 3 N–H and O–H groups in total. The largest absolute Gasteiger partial charge is 0.478 e. The lowest BCUT2D eigenvalue weighted by molar-refractivity contribution is 0.0171. The Kier molecular flexibility index (Phi) is 5.27. The number of aliphatic hydroxyl groups excluding tert-OH is 2. The predicted molar refractivity (Wildman–Crippen MR) is 67.8 cm³/mol. The molecule has 2 atom stereocenters. The molecular formula is C11H13ClO4S. The van der Waals surface area contributed by atoms with E-state index in [0.717, 1.165) is 0 Å². The first-order valence-electron chi connectivity index (χ1n) is 4.96. The normalized spacial score (nSPS) is 14.4. The van der Waals surface area contributed by atoms with Crippen LogP contribution in [0.5, 0.6) is 0 Å². The van der Waals surface area contributed by atoms with E-state index in [-0.39, 0.29) is 16.1 Å². The molecule has 0 radical (unpaired) electrons. The molecule has 0 fully saturated rings. The van der Waals surface area contributed by atoms with Crippen molar-refractivity contribution >= 4 is 30.2 Å². The topological polar surface area (TPSA) is 77.8 Å². The summed E-state index contributed by atoms with van der Waals surface area (Å²) in [7, 11) is 0. The molecule has 1 aromatic carbocycles. The standard InChI is InChI=1S/C11H13ClO4S/c12-8-4-6(3-7(5-8)11(15)16)10(14)9(13)1-2-17/h3-5,9-10,13-14,17H,1-2H2,(H,15,16). The first kappa shape index (κ1) is 14.3. The van der Waals surface area contributed by atoms with Crippen molar-refractivity contribution < 1.29 is 20.1 Å². The summed E-state index contributed by atoms with van der Waals surface area (Å²) in [5, 5.41) is 28.5. The van der Waals surface area contributed by atoms with Crippen molar-refractivity contribution in [1.29, 1.82) is 0 Å². The van der Waals surface area contributed by atoms with E-state index < -0.39 is 18.2 Å². The van der Waals surface area contributed by atoms with Gasteiger partial charge in [0, 0.05) is 5.02 Å². The van der Waals surface area contributed by atoms with Crippen LogP contribution in [-0.4, -0.2) is 33.1 Å². The van der Waals surface area contributed by atoms with Crippen LogP contribution in [0.3, 0.4) is 0 Å². The molecule has 0 aliphatic rings. The van der Waals surface area contributed by atoms with Crippen LogP contribution in [0.4, 0.5) is 0 Å². The molecule has 17 heavy (non-hydrogen) atoms. The van der Waals surface area contributed by atoms with Crippen molar-refractivity contribution in [1.82, 2.24) is 0 Å². The van der Waals surface area contributed by atoms with E-state index in [1.54, 1.807) is 0 Å². The zero-order valence-electron chi connectivity index (χ0n) is 8.88. The molecule has 0 aliphatic heterocycles. The highest BCUT2D eigenvalue weighted by Crippen LogP contribution is 2.24. The van der Waals surface area contributed by atoms with Crippen LogP contribution in [0, 0.1) is 0 Å². The molecule has 0 heterocycles. The maximum absolute atomic E-state index is 10.8. The average Bonchev–Trinajstić information content (AvgIpc) is 2.27. The Balaban J connectivity index is 3.01. The Bertz CT molecular complexity index is 410. The highest BCUT2D eigenvalue weighted by atomic mass is 35.5. The van der Waals surface area contributed by atoms with Crippen molar-refractivity contribution in [3.05, 3.63) is 34.3 Å². The average molecular weight is 277 g/mol. The van der Waals surface area contributed by atoms with Crippen LogP contribution in [0.1, 0.15) is 28.4 Å². The van der Waals surface area contributed by atoms with Gasteiger partial charge >= 0.3 is 5.97 Å². The Morgan fingerprint density at radius 1 is 1.35 bits per heavy atom. The summed E-state index contributed by atoms with van der Waals surface area (Å²) in [6.45, 7) is 0. The second-order valence-electron chi connectivity index (χ2n) is 3.60. The van der Waals surface area contributed by atoms with Crippen molar-refractivity contribution in [3.8, 4) is 0 Å². The van der Waals surface area contributed by atoms with Crippen molar-refractivity contribution in [2.45, 2.75) is 18.6 Å². The van der Waals surface area contributed by atoms with Crippen LogP contribution < -0.4 is 0 Å². The summed E-state index contributed by atoms with van der Waals surface area (Å²) in [5.41, 5.74) is 0.258. The lowest BCUT2D eigenvalue weighted by Crippen LogP contribution is -2.19. The lowest BCUT2D eigenvalue weighted by Gasteiger charge is -2.18. The highest BCUT2D eigenvalue weighted by molar-refractivity contribution is 7.80. The number of thiol groups is 1. The SMILES string of the molecule is O=C(O)c1cc(Cl)cc(C(O)C(O)CCS)c1. The van der Waals surface area contributed by atoms with Gasteiger partial charge in [0.15, 0.2) is 0 Å². The molecule has 2 unspecified atom stereocenters. The molecule has 6 heteroatoms. The van der Waals surface area contributed by atoms with Crippen LogP contribution in [-0.2, 0) is 0 Å². The minimum absolute atomic E-state index is 0.0235. The molecule has 1 rings (SSSR count). The summed E-state index contributed by atoms with van der Waals surface area (Å²) in [4.78, 5) is 10.8. The van der Waals surface area contributed by atoms with E-state index in [9.17, 15) is 15.0 Å². The number of carboxylic acids is 1. The number of hydrogen-bond donors (Lipinski definition) is 4. The summed E-state index contributed by atoms with van der Waals surface area (Å²) >= 11 is 9.70. The van der Waals surface area contributed by atoms with Gasteiger partial charge in [0.1, 0.15) is 6.10 Å². The fourth-order valence-corrected chi connectivity index (χ4v) is 1.93. The molecule has 94 valence electrons. The van der Waals surface area contributed by atoms with Crippen LogP contribution in [0.2, 0.25) is 5.02 Å². The number of benzene rings is 1. The first-order valence-corrected chi connectivity index (χ1v) is 5.97. The van der Waals surface area contributed by atoms with Gasteiger partial charge in [0.25, 0.3) is 0 Å². The van der Waals surface area contributed by atoms with Crippen LogP contribution in [0.15, 0.2) is 18.2 Å². The van der Waals surface area contributed by atoms with E-state index in [1.165, 1.54) is 18.2 Å². The fraction of sp³-hybridized carbons (Fsp3) is 0.364. The van der Waals surface area contributed by atoms with Gasteiger partial charge in [0.05, 0.1) is 11.7 Å². The lowest BCUT2D eigenvalue weighted by atomic mass is 10.0. The van der Waals surface area contributed by atoms with E-state index in [0.29, 0.717) is 12.2 Å². The van der Waals surface area contributed by atoms with E-state index >= 15 is 0 Å². The number of rotatable bonds is 5. The van der Waals surface area contributed by atoms with Gasteiger partial charge in [-0.1, -0.05) is 11.6 Å².